The summed E-state index contributed by atoms with van der Waals surface area (Å²) in [6.45, 7) is 4.41. The Morgan fingerprint density at radius 2 is 2.09 bits per heavy atom. The van der Waals surface area contributed by atoms with Gasteiger partial charge in [-0.25, -0.2) is 4.98 Å². The molecule has 0 saturated heterocycles. The van der Waals surface area contributed by atoms with Crippen LogP contribution in [0, 0.1) is 28.1 Å². The fourth-order valence-electron chi connectivity index (χ4n) is 3.53. The van der Waals surface area contributed by atoms with Crippen LogP contribution in [0.4, 0.5) is 5.82 Å². The van der Waals surface area contributed by atoms with Gasteiger partial charge in [-0.1, -0.05) is 32.0 Å². The van der Waals surface area contributed by atoms with Crippen molar-refractivity contribution in [3.63, 3.8) is 0 Å². The maximum absolute atomic E-state index is 9.21. The highest BCUT2D eigenvalue weighted by Crippen LogP contribution is 2.20. The number of pyridine rings is 1. The first kappa shape index (κ1) is 21.0. The molecular formula is C24H24N8. The van der Waals surface area contributed by atoms with Crippen LogP contribution in [-0.4, -0.2) is 31.9 Å². The van der Waals surface area contributed by atoms with Crippen molar-refractivity contribution in [3.8, 4) is 17.3 Å². The molecule has 160 valence electrons. The minimum absolute atomic E-state index is 0.0676. The van der Waals surface area contributed by atoms with Crippen molar-refractivity contribution < 1.29 is 0 Å². The Morgan fingerprint density at radius 3 is 2.88 bits per heavy atom. The third-order valence-electron chi connectivity index (χ3n) is 5.28. The quantitative estimate of drug-likeness (QED) is 0.276. The Labute approximate surface area is 185 Å². The molecule has 3 aromatic heterocycles. The zero-order valence-corrected chi connectivity index (χ0v) is 18.0. The van der Waals surface area contributed by atoms with Gasteiger partial charge in [-0.3, -0.25) is 20.4 Å². The minimum atomic E-state index is -0.0676. The van der Waals surface area contributed by atoms with Crippen LogP contribution < -0.4 is 10.8 Å². The third kappa shape index (κ3) is 4.14. The smallest absolute Gasteiger partial charge is 0.173 e. The van der Waals surface area contributed by atoms with E-state index in [4.69, 9.17) is 10.8 Å². The molecule has 0 radical (unpaired) electrons. The molecule has 0 bridgehead atoms. The molecule has 0 fully saturated rings. The van der Waals surface area contributed by atoms with Crippen molar-refractivity contribution in [1.29, 1.82) is 16.1 Å². The molecule has 8 heteroatoms. The van der Waals surface area contributed by atoms with E-state index < -0.39 is 0 Å². The van der Waals surface area contributed by atoms with E-state index in [-0.39, 0.29) is 11.4 Å². The minimum Gasteiger partial charge on any atom is -0.367 e. The van der Waals surface area contributed by atoms with E-state index in [1.165, 1.54) is 21.7 Å². The molecule has 0 saturated carbocycles. The van der Waals surface area contributed by atoms with Gasteiger partial charge in [0.2, 0.25) is 0 Å². The predicted molar refractivity (Wildman–Crippen MR) is 124 cm³/mol. The van der Waals surface area contributed by atoms with Crippen molar-refractivity contribution in [2.45, 2.75) is 20.3 Å². The molecule has 1 aromatic carbocycles. The molecule has 0 aliphatic rings. The highest BCUT2D eigenvalue weighted by atomic mass is 15.1. The predicted octanol–water partition coefficient (Wildman–Crippen LogP) is 3.91. The Balaban J connectivity index is 1.67. The van der Waals surface area contributed by atoms with Crippen LogP contribution in [0.2, 0.25) is 0 Å². The molecule has 0 aliphatic carbocycles. The molecule has 4 N–H and O–H groups in total. The van der Waals surface area contributed by atoms with Gasteiger partial charge in [0.05, 0.1) is 11.3 Å². The molecule has 0 spiro atoms. The fourth-order valence-corrected chi connectivity index (χ4v) is 3.53. The second-order valence-corrected chi connectivity index (χ2v) is 7.84. The second kappa shape index (κ2) is 8.86. The summed E-state index contributed by atoms with van der Waals surface area (Å²) in [6, 6.07) is 11.9. The first-order valence-electron chi connectivity index (χ1n) is 10.4. The lowest BCUT2D eigenvalue weighted by Crippen LogP contribution is -2.32. The molecule has 32 heavy (non-hydrogen) atoms. The average molecular weight is 425 g/mol. The SMILES string of the molecule is CC(C)C(=N)n1cc(-c2cncc(C#N)c2)nc(NCCc2c[nH]c3ccccc23)c1=N. The number of nitrogens with zero attached hydrogens (tertiary/aromatic N) is 4. The van der Waals surface area contributed by atoms with Crippen molar-refractivity contribution in [2.75, 3.05) is 11.9 Å². The number of aromatic nitrogens is 4. The molecule has 4 rings (SSSR count). The Hall–Kier alpha value is -4.25. The molecule has 0 atom stereocenters. The van der Waals surface area contributed by atoms with Crippen LogP contribution in [-0.2, 0) is 6.42 Å². The van der Waals surface area contributed by atoms with Crippen LogP contribution in [0.5, 0.6) is 0 Å². The van der Waals surface area contributed by atoms with E-state index in [9.17, 15) is 5.26 Å². The normalized spacial score (nSPS) is 10.9. The molecule has 3 heterocycles. The highest BCUT2D eigenvalue weighted by Gasteiger charge is 2.14. The van der Waals surface area contributed by atoms with Crippen LogP contribution in [0.25, 0.3) is 22.2 Å². The lowest BCUT2D eigenvalue weighted by molar-refractivity contribution is 0.793. The number of aromatic amines is 1. The van der Waals surface area contributed by atoms with Gasteiger partial charge >= 0.3 is 0 Å². The Kier molecular flexibility index (Phi) is 5.81. The maximum atomic E-state index is 9.21. The van der Waals surface area contributed by atoms with E-state index >= 15 is 0 Å². The first-order chi connectivity index (χ1) is 15.5. The van der Waals surface area contributed by atoms with E-state index in [0.717, 1.165) is 11.9 Å². The molecule has 8 nitrogen and oxygen atoms in total. The fraction of sp³-hybridized carbons (Fsp3) is 0.208. The van der Waals surface area contributed by atoms with Gasteiger partial charge in [0, 0.05) is 53.7 Å². The van der Waals surface area contributed by atoms with Crippen LogP contribution >= 0.6 is 0 Å². The number of anilines is 1. The van der Waals surface area contributed by atoms with Gasteiger partial charge in [-0.2, -0.15) is 5.26 Å². The second-order valence-electron chi connectivity index (χ2n) is 7.84. The highest BCUT2D eigenvalue weighted by molar-refractivity contribution is 5.84. The maximum Gasteiger partial charge on any atom is 0.173 e. The Morgan fingerprint density at radius 1 is 1.28 bits per heavy atom. The van der Waals surface area contributed by atoms with Crippen LogP contribution in [0.3, 0.4) is 0 Å². The van der Waals surface area contributed by atoms with E-state index in [1.54, 1.807) is 18.5 Å². The molecule has 4 aromatic rings. The number of nitriles is 1. The van der Waals surface area contributed by atoms with Gasteiger partial charge in [-0.15, -0.1) is 0 Å². The summed E-state index contributed by atoms with van der Waals surface area (Å²) >= 11 is 0. The summed E-state index contributed by atoms with van der Waals surface area (Å²) in [6.07, 6.45) is 7.54. The zero-order valence-electron chi connectivity index (χ0n) is 18.0. The number of fused-ring (bicyclic) bond motifs is 1. The Bertz CT molecular complexity index is 1390. The van der Waals surface area contributed by atoms with Crippen LogP contribution in [0.15, 0.2) is 55.1 Å². The molecule has 0 unspecified atom stereocenters. The monoisotopic (exact) mass is 424 g/mol. The number of nitrogens with one attached hydrogen (secondary N) is 4. The van der Waals surface area contributed by atoms with Gasteiger partial charge in [0.1, 0.15) is 11.9 Å². The van der Waals surface area contributed by atoms with Gasteiger partial charge < -0.3 is 10.3 Å². The largest absolute Gasteiger partial charge is 0.367 e. The number of hydrogen-bond acceptors (Lipinski definition) is 6. The summed E-state index contributed by atoms with van der Waals surface area (Å²) < 4.78 is 1.53. The number of H-pyrrole nitrogens is 1. The number of benzene rings is 1. The zero-order chi connectivity index (χ0) is 22.7. The third-order valence-corrected chi connectivity index (χ3v) is 5.28. The van der Waals surface area contributed by atoms with Crippen molar-refractivity contribution in [2.24, 2.45) is 5.92 Å². The number of rotatable bonds is 6. The number of para-hydroxylation sites is 1. The molecular weight excluding hydrogens is 400 g/mol. The summed E-state index contributed by atoms with van der Waals surface area (Å²) in [5.41, 5.74) is 4.04. The lowest BCUT2D eigenvalue weighted by Gasteiger charge is -2.16. The van der Waals surface area contributed by atoms with Crippen LogP contribution in [0.1, 0.15) is 25.0 Å². The summed E-state index contributed by atoms with van der Waals surface area (Å²) in [7, 11) is 0. The van der Waals surface area contributed by atoms with E-state index in [1.807, 2.05) is 38.2 Å². The van der Waals surface area contributed by atoms with E-state index in [2.05, 4.69) is 32.4 Å². The molecule has 0 aliphatic heterocycles. The standard InChI is InChI=1S/C24H24N8/c1-15(2)22(26)32-14-21(18-9-16(10-25)11-28-12-18)31-24(23(32)27)29-8-7-17-13-30-20-6-4-3-5-19(17)20/h3-6,9,11-15,26-27,30H,7-8H2,1-2H3,(H,29,31). The first-order valence-corrected chi connectivity index (χ1v) is 10.4. The van der Waals surface area contributed by atoms with Crippen molar-refractivity contribution in [3.05, 3.63) is 71.7 Å². The molecule has 0 amide bonds. The lowest BCUT2D eigenvalue weighted by atomic mass is 10.1. The van der Waals surface area contributed by atoms with Crippen molar-refractivity contribution >= 4 is 22.6 Å². The number of hydrogen-bond donors (Lipinski definition) is 4. The summed E-state index contributed by atoms with van der Waals surface area (Å²) in [4.78, 5) is 12.0. The average Bonchev–Trinajstić information content (AvgIpc) is 3.22. The van der Waals surface area contributed by atoms with Gasteiger partial charge in [0.25, 0.3) is 0 Å². The van der Waals surface area contributed by atoms with Crippen molar-refractivity contribution in [1.82, 2.24) is 19.5 Å². The topological polar surface area (TPSA) is 130 Å². The summed E-state index contributed by atoms with van der Waals surface area (Å²) in [5.74, 6) is 0.611. The van der Waals surface area contributed by atoms with Gasteiger partial charge in [-0.05, 0) is 24.1 Å². The summed E-state index contributed by atoms with van der Waals surface area (Å²) in [5, 5.41) is 30.7. The van der Waals surface area contributed by atoms with Gasteiger partial charge in [0.15, 0.2) is 11.3 Å². The van der Waals surface area contributed by atoms with E-state index in [0.29, 0.717) is 35.0 Å².